The maximum Gasteiger partial charge on any atom is 0.0701 e. The van der Waals surface area contributed by atoms with Gasteiger partial charge in [-0.2, -0.15) is 0 Å². The van der Waals surface area contributed by atoms with Gasteiger partial charge in [-0.05, 0) is 12.8 Å². The van der Waals surface area contributed by atoms with Crippen LogP contribution in [0.15, 0.2) is 0 Å². The SMILES string of the molecule is ClCCCCCCOCCOCCOCCOCCOCCOCCOCCCl. The van der Waals surface area contributed by atoms with E-state index < -0.39 is 0 Å². The molecule has 0 aromatic carbocycles. The number of ether oxygens (including phenoxy) is 7. The van der Waals surface area contributed by atoms with E-state index in [0.717, 1.165) is 25.3 Å². The van der Waals surface area contributed by atoms with Gasteiger partial charge in [0.25, 0.3) is 0 Å². The Hall–Kier alpha value is 0.300. The maximum absolute atomic E-state index is 5.63. The molecule has 0 unspecified atom stereocenters. The Bertz CT molecular complexity index is 264. The van der Waals surface area contributed by atoms with Crippen LogP contribution in [0.4, 0.5) is 0 Å². The summed E-state index contributed by atoms with van der Waals surface area (Å²) in [5.41, 5.74) is 0. The number of hydrogen-bond donors (Lipinski definition) is 0. The smallest absolute Gasteiger partial charge is 0.0701 e. The van der Waals surface area contributed by atoms with Gasteiger partial charge >= 0.3 is 0 Å². The largest absolute Gasteiger partial charge is 0.379 e. The molecule has 0 saturated carbocycles. The molecule has 0 amide bonds. The first kappa shape index (κ1) is 29.3. The molecule has 0 heterocycles. The molecule has 176 valence electrons. The summed E-state index contributed by atoms with van der Waals surface area (Å²) in [5, 5.41) is 0. The molecule has 0 atom stereocenters. The predicted molar refractivity (Wildman–Crippen MR) is 116 cm³/mol. The lowest BCUT2D eigenvalue weighted by Gasteiger charge is -2.08. The van der Waals surface area contributed by atoms with Gasteiger partial charge < -0.3 is 33.2 Å². The van der Waals surface area contributed by atoms with Crippen LogP contribution in [-0.4, -0.2) is 104 Å². The van der Waals surface area contributed by atoms with E-state index in [1.54, 1.807) is 0 Å². The Balaban J connectivity index is 2.97. The van der Waals surface area contributed by atoms with E-state index in [1.165, 1.54) is 12.8 Å². The van der Waals surface area contributed by atoms with E-state index in [1.807, 2.05) is 0 Å². The summed E-state index contributed by atoms with van der Waals surface area (Å²) in [4.78, 5) is 0. The lowest BCUT2D eigenvalue weighted by molar-refractivity contribution is -0.0201. The zero-order valence-corrected chi connectivity index (χ0v) is 19.3. The van der Waals surface area contributed by atoms with Crippen LogP contribution in [0.2, 0.25) is 0 Å². The zero-order chi connectivity index (χ0) is 21.1. The lowest BCUT2D eigenvalue weighted by Crippen LogP contribution is -2.14. The summed E-state index contributed by atoms with van der Waals surface area (Å²) in [7, 11) is 0. The molecule has 0 aliphatic heterocycles. The van der Waals surface area contributed by atoms with Crippen molar-refractivity contribution in [3.8, 4) is 0 Å². The summed E-state index contributed by atoms with van der Waals surface area (Å²) in [6.07, 6.45) is 4.53. The fraction of sp³-hybridized carbons (Fsp3) is 1.00. The van der Waals surface area contributed by atoms with E-state index in [-0.39, 0.29) is 0 Å². The molecule has 0 bridgehead atoms. The highest BCUT2D eigenvalue weighted by Crippen LogP contribution is 2.01. The highest BCUT2D eigenvalue weighted by atomic mass is 35.5. The van der Waals surface area contributed by atoms with Crippen LogP contribution in [-0.2, 0) is 33.2 Å². The number of unbranched alkanes of at least 4 members (excludes halogenated alkanes) is 3. The van der Waals surface area contributed by atoms with Crippen LogP contribution < -0.4 is 0 Å². The first-order chi connectivity index (χ1) is 14.4. The van der Waals surface area contributed by atoms with Gasteiger partial charge in [-0.1, -0.05) is 12.8 Å². The molecular weight excluding hydrogens is 423 g/mol. The predicted octanol–water partition coefficient (Wildman–Crippen LogP) is 3.14. The van der Waals surface area contributed by atoms with Crippen LogP contribution in [0.5, 0.6) is 0 Å². The van der Waals surface area contributed by atoms with E-state index in [4.69, 9.17) is 56.4 Å². The van der Waals surface area contributed by atoms with Crippen molar-refractivity contribution in [1.82, 2.24) is 0 Å². The lowest BCUT2D eigenvalue weighted by atomic mass is 10.2. The molecule has 7 nitrogen and oxygen atoms in total. The number of halogens is 2. The minimum absolute atomic E-state index is 0.508. The Morgan fingerprint density at radius 1 is 0.276 bits per heavy atom. The second kappa shape index (κ2) is 28.3. The molecule has 0 aromatic rings. The zero-order valence-electron chi connectivity index (χ0n) is 17.8. The maximum atomic E-state index is 5.63. The summed E-state index contributed by atoms with van der Waals surface area (Å²) in [6.45, 7) is 8.10. The van der Waals surface area contributed by atoms with Crippen LogP contribution in [0.25, 0.3) is 0 Å². The van der Waals surface area contributed by atoms with Crippen molar-refractivity contribution in [2.45, 2.75) is 25.7 Å². The average molecular weight is 463 g/mol. The van der Waals surface area contributed by atoms with Crippen molar-refractivity contribution in [2.24, 2.45) is 0 Å². The average Bonchev–Trinajstić information content (AvgIpc) is 2.74. The van der Waals surface area contributed by atoms with Crippen LogP contribution in [0.3, 0.4) is 0 Å². The molecule has 0 aliphatic carbocycles. The topological polar surface area (TPSA) is 64.6 Å². The van der Waals surface area contributed by atoms with Gasteiger partial charge in [0.2, 0.25) is 0 Å². The third-order valence-electron chi connectivity index (χ3n) is 3.63. The highest BCUT2D eigenvalue weighted by Gasteiger charge is 1.95. The van der Waals surface area contributed by atoms with Gasteiger partial charge in [-0.25, -0.2) is 0 Å². The van der Waals surface area contributed by atoms with Crippen LogP contribution in [0, 0.1) is 0 Å². The number of rotatable bonds is 26. The Morgan fingerprint density at radius 3 is 0.931 bits per heavy atom. The molecule has 0 N–H and O–H groups in total. The minimum Gasteiger partial charge on any atom is -0.379 e. The van der Waals surface area contributed by atoms with Crippen LogP contribution >= 0.6 is 23.2 Å². The molecule has 0 rings (SSSR count). The second-order valence-corrected chi connectivity index (χ2v) is 6.83. The van der Waals surface area contributed by atoms with Gasteiger partial charge in [0.05, 0.1) is 85.9 Å². The molecule has 9 heteroatoms. The molecule has 0 fully saturated rings. The Morgan fingerprint density at radius 2 is 0.586 bits per heavy atom. The van der Waals surface area contributed by atoms with Crippen molar-refractivity contribution in [2.75, 3.05) is 104 Å². The van der Waals surface area contributed by atoms with E-state index in [0.29, 0.717) is 91.8 Å². The summed E-state index contributed by atoms with van der Waals surface area (Å²) in [5.74, 6) is 1.26. The Labute approximate surface area is 186 Å². The molecule has 0 aliphatic rings. The normalized spacial score (nSPS) is 11.4. The first-order valence-corrected chi connectivity index (χ1v) is 11.6. The molecule has 0 radical (unpaired) electrons. The first-order valence-electron chi connectivity index (χ1n) is 10.6. The molecule has 0 saturated heterocycles. The van der Waals surface area contributed by atoms with E-state index >= 15 is 0 Å². The van der Waals surface area contributed by atoms with Crippen molar-refractivity contribution in [3.05, 3.63) is 0 Å². The molecule has 0 aromatic heterocycles. The molecule has 0 spiro atoms. The van der Waals surface area contributed by atoms with Gasteiger partial charge in [0.15, 0.2) is 0 Å². The van der Waals surface area contributed by atoms with E-state index in [9.17, 15) is 0 Å². The van der Waals surface area contributed by atoms with E-state index in [2.05, 4.69) is 0 Å². The summed E-state index contributed by atoms with van der Waals surface area (Å²) in [6, 6.07) is 0. The van der Waals surface area contributed by atoms with Crippen molar-refractivity contribution in [3.63, 3.8) is 0 Å². The summed E-state index contributed by atoms with van der Waals surface area (Å²) < 4.78 is 37.7. The van der Waals surface area contributed by atoms with Gasteiger partial charge in [-0.3, -0.25) is 0 Å². The van der Waals surface area contributed by atoms with Crippen molar-refractivity contribution < 1.29 is 33.2 Å². The van der Waals surface area contributed by atoms with Crippen LogP contribution in [0.1, 0.15) is 25.7 Å². The summed E-state index contributed by atoms with van der Waals surface area (Å²) >= 11 is 11.1. The monoisotopic (exact) mass is 462 g/mol. The van der Waals surface area contributed by atoms with Gasteiger partial charge in [0.1, 0.15) is 0 Å². The molecule has 29 heavy (non-hydrogen) atoms. The standard InChI is InChI=1S/C20H40Cl2O7/c21-5-3-1-2-4-7-23-9-11-25-13-15-27-17-19-29-20-18-28-16-14-26-12-10-24-8-6-22/h1-20H2. The van der Waals surface area contributed by atoms with Gasteiger partial charge in [-0.15, -0.1) is 23.2 Å². The van der Waals surface area contributed by atoms with Gasteiger partial charge in [0, 0.05) is 18.4 Å². The van der Waals surface area contributed by atoms with Crippen molar-refractivity contribution in [1.29, 1.82) is 0 Å². The fourth-order valence-electron chi connectivity index (χ4n) is 2.13. The number of hydrogen-bond acceptors (Lipinski definition) is 7. The highest BCUT2D eigenvalue weighted by molar-refractivity contribution is 6.18. The number of alkyl halides is 2. The fourth-order valence-corrected chi connectivity index (χ4v) is 2.43. The third-order valence-corrected chi connectivity index (χ3v) is 4.05. The quantitative estimate of drug-likeness (QED) is 0.144. The molecular formula is C20H40Cl2O7. The Kier molecular flexibility index (Phi) is 28.6. The van der Waals surface area contributed by atoms with Crippen molar-refractivity contribution >= 4 is 23.2 Å². The second-order valence-electron chi connectivity index (χ2n) is 6.08. The minimum atomic E-state index is 0.508. The third kappa shape index (κ3) is 28.3.